The van der Waals surface area contributed by atoms with Gasteiger partial charge in [-0.3, -0.25) is 14.9 Å². The zero-order valence-corrected chi connectivity index (χ0v) is 17.2. The Kier molecular flexibility index (Phi) is 5.92. The molecule has 0 amide bonds. The third-order valence-electron chi connectivity index (χ3n) is 4.25. The SMILES string of the molecule is CC[C@@H](C)Oc1c(C=Nn2c(=O)[nH]c3ccccc3c2=O)cc(Br)cc1[N+](=O)[O-]. The molecule has 0 spiro atoms. The number of aromatic nitrogens is 2. The zero-order chi connectivity index (χ0) is 21.1. The first-order valence-corrected chi connectivity index (χ1v) is 9.54. The molecule has 0 aliphatic heterocycles. The molecule has 150 valence electrons. The lowest BCUT2D eigenvalue weighted by molar-refractivity contribution is -0.386. The highest BCUT2D eigenvalue weighted by Crippen LogP contribution is 2.34. The molecule has 1 atom stereocenters. The number of fused-ring (bicyclic) bond motifs is 1. The molecule has 2 aromatic carbocycles. The molecule has 1 N–H and O–H groups in total. The highest BCUT2D eigenvalue weighted by atomic mass is 79.9. The van der Waals surface area contributed by atoms with Gasteiger partial charge in [-0.2, -0.15) is 5.10 Å². The molecule has 0 radical (unpaired) electrons. The maximum absolute atomic E-state index is 12.6. The standard InChI is InChI=1S/C19H17BrN4O5/c1-3-11(2)29-17-12(8-13(20)9-16(17)24(27)28)10-21-23-18(25)14-6-4-5-7-15(14)22-19(23)26/h4-11H,3H2,1-2H3,(H,22,26)/t11-/m1/s1. The van der Waals surface area contributed by atoms with Crippen LogP contribution in [-0.2, 0) is 0 Å². The Morgan fingerprint density at radius 1 is 1.34 bits per heavy atom. The van der Waals surface area contributed by atoms with E-state index in [1.54, 1.807) is 37.3 Å². The molecule has 3 rings (SSSR count). The van der Waals surface area contributed by atoms with Crippen LogP contribution in [0.1, 0.15) is 25.8 Å². The van der Waals surface area contributed by atoms with E-state index in [1.807, 2.05) is 6.92 Å². The number of hydrogen-bond acceptors (Lipinski definition) is 6. The predicted octanol–water partition coefficient (Wildman–Crippen LogP) is 3.42. The first-order chi connectivity index (χ1) is 13.8. The number of benzene rings is 2. The average Bonchev–Trinajstić information content (AvgIpc) is 2.68. The minimum atomic E-state index is -0.723. The van der Waals surface area contributed by atoms with Crippen LogP contribution in [0.4, 0.5) is 5.69 Å². The molecule has 0 saturated heterocycles. The van der Waals surface area contributed by atoms with Crippen molar-refractivity contribution in [2.45, 2.75) is 26.4 Å². The van der Waals surface area contributed by atoms with Gasteiger partial charge in [0.05, 0.1) is 28.1 Å². The second kappa shape index (κ2) is 8.39. The molecule has 9 nitrogen and oxygen atoms in total. The van der Waals surface area contributed by atoms with Crippen molar-refractivity contribution in [3.8, 4) is 5.75 Å². The number of nitro groups is 1. The summed E-state index contributed by atoms with van der Waals surface area (Å²) in [5.41, 5.74) is -0.923. The van der Waals surface area contributed by atoms with Crippen LogP contribution in [0.25, 0.3) is 10.9 Å². The second-order valence-electron chi connectivity index (χ2n) is 6.27. The van der Waals surface area contributed by atoms with E-state index in [-0.39, 0.29) is 23.1 Å². The molecule has 29 heavy (non-hydrogen) atoms. The average molecular weight is 461 g/mol. The summed E-state index contributed by atoms with van der Waals surface area (Å²) in [5.74, 6) is 0.0153. The summed E-state index contributed by atoms with van der Waals surface area (Å²) in [7, 11) is 0. The molecular formula is C19H17BrN4O5. The normalized spacial score (nSPS) is 12.4. The van der Waals surface area contributed by atoms with Crippen molar-refractivity contribution < 1.29 is 9.66 Å². The molecule has 0 fully saturated rings. The van der Waals surface area contributed by atoms with Crippen molar-refractivity contribution in [2.75, 3.05) is 0 Å². The number of halogens is 1. The van der Waals surface area contributed by atoms with Crippen molar-refractivity contribution in [3.05, 3.63) is 77.4 Å². The smallest absolute Gasteiger partial charge is 0.349 e. The molecule has 10 heteroatoms. The van der Waals surface area contributed by atoms with Gasteiger partial charge in [0.2, 0.25) is 5.75 Å². The molecule has 3 aromatic rings. The Bertz CT molecular complexity index is 1230. The van der Waals surface area contributed by atoms with E-state index in [0.29, 0.717) is 26.5 Å². The van der Waals surface area contributed by atoms with Gasteiger partial charge in [-0.15, -0.1) is 4.68 Å². The fourth-order valence-corrected chi connectivity index (χ4v) is 3.09. The lowest BCUT2D eigenvalue weighted by Gasteiger charge is -2.15. The lowest BCUT2D eigenvalue weighted by atomic mass is 10.2. The molecule has 0 aliphatic carbocycles. The number of aromatic amines is 1. The van der Waals surface area contributed by atoms with Gasteiger partial charge in [-0.1, -0.05) is 35.0 Å². The monoisotopic (exact) mass is 460 g/mol. The van der Waals surface area contributed by atoms with Crippen LogP contribution in [0, 0.1) is 10.1 Å². The van der Waals surface area contributed by atoms with E-state index in [4.69, 9.17) is 4.74 Å². The molecule has 1 aromatic heterocycles. The van der Waals surface area contributed by atoms with Crippen molar-refractivity contribution in [1.82, 2.24) is 9.66 Å². The third-order valence-corrected chi connectivity index (χ3v) is 4.71. The molecule has 0 unspecified atom stereocenters. The van der Waals surface area contributed by atoms with Gasteiger partial charge in [-0.05, 0) is 31.5 Å². The number of para-hydroxylation sites is 1. The number of ether oxygens (including phenoxy) is 1. The Morgan fingerprint density at radius 2 is 2.07 bits per heavy atom. The summed E-state index contributed by atoms with van der Waals surface area (Å²) in [6.07, 6.45) is 1.54. The molecule has 1 heterocycles. The van der Waals surface area contributed by atoms with Crippen molar-refractivity contribution in [3.63, 3.8) is 0 Å². The van der Waals surface area contributed by atoms with Crippen molar-refractivity contribution >= 4 is 38.7 Å². The van der Waals surface area contributed by atoms with Crippen molar-refractivity contribution in [1.29, 1.82) is 0 Å². The predicted molar refractivity (Wildman–Crippen MR) is 113 cm³/mol. The Labute approximate surface area is 172 Å². The van der Waals surface area contributed by atoms with Crippen molar-refractivity contribution in [2.24, 2.45) is 5.10 Å². The fourth-order valence-electron chi connectivity index (χ4n) is 2.62. The second-order valence-corrected chi connectivity index (χ2v) is 7.19. The quantitative estimate of drug-likeness (QED) is 0.343. The largest absolute Gasteiger partial charge is 0.483 e. The Morgan fingerprint density at radius 3 is 2.76 bits per heavy atom. The Hall–Kier alpha value is -3.27. The minimum absolute atomic E-state index is 0.0153. The van der Waals surface area contributed by atoms with E-state index in [1.165, 1.54) is 12.3 Å². The minimum Gasteiger partial charge on any atom is -0.483 e. The summed E-state index contributed by atoms with van der Waals surface area (Å²) in [5, 5.41) is 15.7. The first kappa shape index (κ1) is 20.5. The van der Waals surface area contributed by atoms with Crippen LogP contribution in [0.3, 0.4) is 0 Å². The van der Waals surface area contributed by atoms with E-state index >= 15 is 0 Å². The highest BCUT2D eigenvalue weighted by molar-refractivity contribution is 9.10. The van der Waals surface area contributed by atoms with Gasteiger partial charge in [0.15, 0.2) is 0 Å². The number of nitrogens with zero attached hydrogens (tertiary/aromatic N) is 3. The van der Waals surface area contributed by atoms with E-state index in [0.717, 1.165) is 0 Å². The van der Waals surface area contributed by atoms with Gasteiger partial charge in [0.1, 0.15) is 0 Å². The van der Waals surface area contributed by atoms with Gasteiger partial charge < -0.3 is 9.72 Å². The number of nitrogens with one attached hydrogen (secondary N) is 1. The number of rotatable bonds is 6. The van der Waals surface area contributed by atoms with Crippen LogP contribution in [0.2, 0.25) is 0 Å². The summed E-state index contributed by atoms with van der Waals surface area (Å²) in [6.45, 7) is 3.67. The molecular weight excluding hydrogens is 444 g/mol. The van der Waals surface area contributed by atoms with Crippen LogP contribution in [0.15, 0.2) is 55.6 Å². The van der Waals surface area contributed by atoms with Crippen LogP contribution in [-0.4, -0.2) is 26.9 Å². The van der Waals surface area contributed by atoms with Crippen LogP contribution < -0.4 is 16.0 Å². The molecule has 0 aliphatic rings. The highest BCUT2D eigenvalue weighted by Gasteiger charge is 2.22. The van der Waals surface area contributed by atoms with Gasteiger partial charge in [0.25, 0.3) is 5.56 Å². The summed E-state index contributed by atoms with van der Waals surface area (Å²) < 4.78 is 6.84. The molecule has 0 bridgehead atoms. The van der Waals surface area contributed by atoms with E-state index < -0.39 is 16.2 Å². The number of hydrogen-bond donors (Lipinski definition) is 1. The van der Waals surface area contributed by atoms with Gasteiger partial charge >= 0.3 is 11.4 Å². The van der Waals surface area contributed by atoms with Gasteiger partial charge in [0, 0.05) is 16.1 Å². The zero-order valence-electron chi connectivity index (χ0n) is 15.6. The first-order valence-electron chi connectivity index (χ1n) is 8.74. The van der Waals surface area contributed by atoms with Gasteiger partial charge in [-0.25, -0.2) is 4.79 Å². The summed E-state index contributed by atoms with van der Waals surface area (Å²) in [6, 6.07) is 9.44. The maximum Gasteiger partial charge on any atom is 0.349 e. The van der Waals surface area contributed by atoms with Crippen LogP contribution in [0.5, 0.6) is 5.75 Å². The maximum atomic E-state index is 12.6. The summed E-state index contributed by atoms with van der Waals surface area (Å²) >= 11 is 3.23. The third kappa shape index (κ3) is 4.27. The van der Waals surface area contributed by atoms with E-state index in [2.05, 4.69) is 26.0 Å². The molecule has 0 saturated carbocycles. The van der Waals surface area contributed by atoms with E-state index in [9.17, 15) is 19.7 Å². The Balaban J connectivity index is 2.16. The number of H-pyrrole nitrogens is 1. The summed E-state index contributed by atoms with van der Waals surface area (Å²) in [4.78, 5) is 38.4. The number of nitro benzene ring substituents is 1. The van der Waals surface area contributed by atoms with Crippen LogP contribution >= 0.6 is 15.9 Å². The lowest BCUT2D eigenvalue weighted by Crippen LogP contribution is -2.32. The fraction of sp³-hybridized carbons (Fsp3) is 0.211. The topological polar surface area (TPSA) is 120 Å².